The van der Waals surface area contributed by atoms with Gasteiger partial charge in [-0.05, 0) is 12.8 Å². The molecule has 1 saturated heterocycles. The van der Waals surface area contributed by atoms with Crippen LogP contribution in [0.25, 0.3) is 0 Å². The Hall–Kier alpha value is -0.860. The number of rotatable bonds is 0. The number of cyclic esters (lactones) is 2. The number of carbonyl (C=O) groups excluding carboxylic acids is 2. The summed E-state index contributed by atoms with van der Waals surface area (Å²) in [6.45, 7) is 0. The Kier molecular flexibility index (Phi) is 1.07. The van der Waals surface area contributed by atoms with Gasteiger partial charge in [-0.15, -0.1) is 0 Å². The van der Waals surface area contributed by atoms with Gasteiger partial charge in [0.25, 0.3) is 0 Å². The van der Waals surface area contributed by atoms with Gasteiger partial charge in [-0.25, -0.2) is 0 Å². The quantitative estimate of drug-likeness (QED) is 0.363. The summed E-state index contributed by atoms with van der Waals surface area (Å²) >= 11 is 0. The minimum Gasteiger partial charge on any atom is -0.393 e. The first-order chi connectivity index (χ1) is 4.79. The van der Waals surface area contributed by atoms with E-state index in [9.17, 15) is 9.59 Å². The first kappa shape index (κ1) is 5.89. The van der Waals surface area contributed by atoms with Crippen molar-refractivity contribution in [1.29, 1.82) is 0 Å². The first-order valence-electron chi connectivity index (χ1n) is 3.54. The third kappa shape index (κ3) is 0.602. The molecule has 1 aliphatic carbocycles. The van der Waals surface area contributed by atoms with Crippen LogP contribution in [0.4, 0.5) is 0 Å². The van der Waals surface area contributed by atoms with Crippen LogP contribution in [0.1, 0.15) is 19.3 Å². The molecule has 3 heteroatoms. The molecule has 1 saturated carbocycles. The van der Waals surface area contributed by atoms with E-state index in [-0.39, 0.29) is 23.8 Å². The van der Waals surface area contributed by atoms with Gasteiger partial charge < -0.3 is 4.74 Å². The minimum absolute atomic E-state index is 0.0903. The molecule has 3 nitrogen and oxygen atoms in total. The molecule has 0 unspecified atom stereocenters. The van der Waals surface area contributed by atoms with E-state index >= 15 is 0 Å². The predicted octanol–water partition coefficient (Wildman–Crippen LogP) is 0.486. The van der Waals surface area contributed by atoms with Crippen molar-refractivity contribution in [2.24, 2.45) is 11.8 Å². The van der Waals surface area contributed by atoms with Crippen molar-refractivity contribution in [3.63, 3.8) is 0 Å². The van der Waals surface area contributed by atoms with Gasteiger partial charge in [0.1, 0.15) is 0 Å². The van der Waals surface area contributed by atoms with E-state index in [0.717, 1.165) is 19.3 Å². The summed E-state index contributed by atoms with van der Waals surface area (Å²) in [4.78, 5) is 21.6. The lowest BCUT2D eigenvalue weighted by Gasteiger charge is -1.95. The minimum atomic E-state index is -0.299. The van der Waals surface area contributed by atoms with E-state index in [1.807, 2.05) is 0 Å². The molecule has 1 aliphatic heterocycles. The van der Waals surface area contributed by atoms with Crippen LogP contribution in [-0.4, -0.2) is 11.9 Å². The fourth-order valence-corrected chi connectivity index (χ4v) is 1.77. The van der Waals surface area contributed by atoms with E-state index in [2.05, 4.69) is 4.74 Å². The van der Waals surface area contributed by atoms with E-state index < -0.39 is 0 Å². The Bertz CT molecular complexity index is 177. The maximum atomic E-state index is 10.8. The lowest BCUT2D eigenvalue weighted by molar-refractivity contribution is -0.154. The summed E-state index contributed by atoms with van der Waals surface area (Å²) in [5.74, 6) is -0.778. The molecule has 0 spiro atoms. The zero-order valence-electron chi connectivity index (χ0n) is 5.50. The molecular formula is C7H8O3. The Labute approximate surface area is 58.4 Å². The normalized spacial score (nSPS) is 38.0. The Morgan fingerprint density at radius 2 is 1.60 bits per heavy atom. The molecule has 54 valence electrons. The number of esters is 2. The third-order valence-corrected chi connectivity index (χ3v) is 2.32. The summed E-state index contributed by atoms with van der Waals surface area (Å²) in [5.41, 5.74) is 0. The van der Waals surface area contributed by atoms with Gasteiger partial charge in [0.05, 0.1) is 11.8 Å². The second-order valence-electron chi connectivity index (χ2n) is 2.88. The van der Waals surface area contributed by atoms with Gasteiger partial charge in [0, 0.05) is 0 Å². The molecule has 2 rings (SSSR count). The van der Waals surface area contributed by atoms with Crippen LogP contribution in [0, 0.1) is 11.8 Å². The molecule has 2 fully saturated rings. The zero-order valence-corrected chi connectivity index (χ0v) is 5.50. The average molecular weight is 140 g/mol. The largest absolute Gasteiger partial charge is 0.393 e. The van der Waals surface area contributed by atoms with Gasteiger partial charge in [0.2, 0.25) is 0 Å². The van der Waals surface area contributed by atoms with Gasteiger partial charge >= 0.3 is 11.9 Å². The molecule has 0 bridgehead atoms. The molecule has 0 amide bonds. The second-order valence-corrected chi connectivity index (χ2v) is 2.88. The number of carbonyl (C=O) groups is 2. The predicted molar refractivity (Wildman–Crippen MR) is 31.9 cm³/mol. The van der Waals surface area contributed by atoms with E-state index in [1.54, 1.807) is 0 Å². The van der Waals surface area contributed by atoms with Crippen LogP contribution in [0.3, 0.4) is 0 Å². The van der Waals surface area contributed by atoms with Crippen LogP contribution in [0.15, 0.2) is 0 Å². The van der Waals surface area contributed by atoms with Crippen molar-refractivity contribution in [2.45, 2.75) is 19.3 Å². The molecule has 0 aromatic heterocycles. The summed E-state index contributed by atoms with van der Waals surface area (Å²) < 4.78 is 4.45. The van der Waals surface area contributed by atoms with Crippen molar-refractivity contribution in [3.8, 4) is 0 Å². The highest BCUT2D eigenvalue weighted by Crippen LogP contribution is 2.37. The first-order valence-corrected chi connectivity index (χ1v) is 3.54. The van der Waals surface area contributed by atoms with Gasteiger partial charge in [0.15, 0.2) is 0 Å². The van der Waals surface area contributed by atoms with Crippen LogP contribution in [0.2, 0.25) is 0 Å². The van der Waals surface area contributed by atoms with Crippen LogP contribution >= 0.6 is 0 Å². The van der Waals surface area contributed by atoms with Crippen molar-refractivity contribution < 1.29 is 14.3 Å². The highest BCUT2D eigenvalue weighted by molar-refractivity contribution is 5.96. The Morgan fingerprint density at radius 3 is 2.10 bits per heavy atom. The van der Waals surface area contributed by atoms with Crippen LogP contribution in [-0.2, 0) is 14.3 Å². The van der Waals surface area contributed by atoms with E-state index in [1.165, 1.54) is 0 Å². The SMILES string of the molecule is O=C1OC(=O)[C@@H]2CCC[C@H]12. The molecule has 2 atom stereocenters. The monoisotopic (exact) mass is 140 g/mol. The number of hydrogen-bond donors (Lipinski definition) is 0. The third-order valence-electron chi connectivity index (χ3n) is 2.32. The maximum Gasteiger partial charge on any atom is 0.317 e. The number of hydrogen-bond acceptors (Lipinski definition) is 3. The molecule has 1 heterocycles. The number of ether oxygens (including phenoxy) is 1. The van der Waals surface area contributed by atoms with Crippen molar-refractivity contribution in [1.82, 2.24) is 0 Å². The summed E-state index contributed by atoms with van der Waals surface area (Å²) in [6.07, 6.45) is 2.68. The topological polar surface area (TPSA) is 43.4 Å². The molecule has 2 aliphatic rings. The molecule has 0 aromatic rings. The summed E-state index contributed by atoms with van der Waals surface area (Å²) in [5, 5.41) is 0. The number of fused-ring (bicyclic) bond motifs is 1. The lowest BCUT2D eigenvalue weighted by atomic mass is 10.00. The van der Waals surface area contributed by atoms with Crippen LogP contribution in [0.5, 0.6) is 0 Å². The van der Waals surface area contributed by atoms with Crippen molar-refractivity contribution in [2.75, 3.05) is 0 Å². The maximum absolute atomic E-state index is 10.8. The van der Waals surface area contributed by atoms with E-state index in [0.29, 0.717) is 0 Å². The fraction of sp³-hybridized carbons (Fsp3) is 0.714. The standard InChI is InChI=1S/C7H8O3/c8-6-4-2-1-3-5(4)7(9)10-6/h4-5H,1-3H2/t4-,5+. The average Bonchev–Trinajstić information content (AvgIpc) is 2.39. The highest BCUT2D eigenvalue weighted by Gasteiger charge is 2.46. The molecule has 0 radical (unpaired) electrons. The Balaban J connectivity index is 2.27. The molecular weight excluding hydrogens is 132 g/mol. The highest BCUT2D eigenvalue weighted by atomic mass is 16.6. The van der Waals surface area contributed by atoms with Crippen LogP contribution < -0.4 is 0 Å². The van der Waals surface area contributed by atoms with Gasteiger partial charge in [-0.1, -0.05) is 6.42 Å². The van der Waals surface area contributed by atoms with E-state index in [4.69, 9.17) is 0 Å². The molecule has 10 heavy (non-hydrogen) atoms. The smallest absolute Gasteiger partial charge is 0.317 e. The van der Waals surface area contributed by atoms with Crippen molar-refractivity contribution in [3.05, 3.63) is 0 Å². The lowest BCUT2D eigenvalue weighted by Crippen LogP contribution is -2.09. The van der Waals surface area contributed by atoms with Crippen molar-refractivity contribution >= 4 is 11.9 Å². The second kappa shape index (κ2) is 1.81. The fourth-order valence-electron chi connectivity index (χ4n) is 1.77. The summed E-state index contributed by atoms with van der Waals surface area (Å²) in [7, 11) is 0. The van der Waals surface area contributed by atoms with Gasteiger partial charge in [-0.3, -0.25) is 9.59 Å². The Morgan fingerprint density at radius 1 is 1.10 bits per heavy atom. The van der Waals surface area contributed by atoms with Gasteiger partial charge in [-0.2, -0.15) is 0 Å². The molecule has 0 N–H and O–H groups in total. The zero-order chi connectivity index (χ0) is 7.14. The molecule has 0 aromatic carbocycles. The summed E-state index contributed by atoms with van der Waals surface area (Å²) in [6, 6.07) is 0.